The third kappa shape index (κ3) is 3.38. The molecule has 0 aromatic heterocycles. The van der Waals surface area contributed by atoms with Crippen LogP contribution in [0.2, 0.25) is 0 Å². The maximum atomic E-state index is 10.9. The average Bonchev–Trinajstić information content (AvgIpc) is 2.38. The highest BCUT2D eigenvalue weighted by molar-refractivity contribution is 5.66. The van der Waals surface area contributed by atoms with Crippen LogP contribution in [0.5, 0.6) is 0 Å². The molecule has 0 aliphatic heterocycles. The van der Waals surface area contributed by atoms with Crippen LogP contribution < -0.4 is 5.32 Å². The van der Waals surface area contributed by atoms with Crippen LogP contribution in [0.25, 0.3) is 0 Å². The van der Waals surface area contributed by atoms with E-state index in [1.165, 1.54) is 12.1 Å². The van der Waals surface area contributed by atoms with Crippen molar-refractivity contribution in [2.75, 3.05) is 11.9 Å². The number of nitro groups is 2. The Hall–Kier alpha value is -2.22. The van der Waals surface area contributed by atoms with E-state index in [4.69, 9.17) is 0 Å². The summed E-state index contributed by atoms with van der Waals surface area (Å²) >= 11 is 0. The van der Waals surface area contributed by atoms with E-state index in [1.807, 2.05) is 6.92 Å². The fourth-order valence-corrected chi connectivity index (χ4v) is 1.46. The number of benzene rings is 1. The van der Waals surface area contributed by atoms with E-state index in [9.17, 15) is 25.3 Å². The number of aliphatic hydroxyl groups excluding tert-OH is 1. The maximum absolute atomic E-state index is 10.9. The van der Waals surface area contributed by atoms with Crippen LogP contribution in [0.4, 0.5) is 17.1 Å². The molecule has 0 aliphatic carbocycles. The lowest BCUT2D eigenvalue weighted by atomic mass is 9.99. The van der Waals surface area contributed by atoms with Gasteiger partial charge in [0, 0.05) is 6.07 Å². The monoisotopic (exact) mass is 269 g/mol. The van der Waals surface area contributed by atoms with Gasteiger partial charge in [0.25, 0.3) is 11.4 Å². The molecule has 0 saturated heterocycles. The fourth-order valence-electron chi connectivity index (χ4n) is 1.46. The number of non-ortho nitro benzene ring substituents is 1. The summed E-state index contributed by atoms with van der Waals surface area (Å²) in [5.74, 6) is 0. The number of hydrogen-bond acceptors (Lipinski definition) is 6. The van der Waals surface area contributed by atoms with Gasteiger partial charge in [-0.3, -0.25) is 20.2 Å². The van der Waals surface area contributed by atoms with E-state index in [2.05, 4.69) is 5.32 Å². The Bertz CT molecular complexity index is 499. The van der Waals surface area contributed by atoms with Crippen LogP contribution in [0.15, 0.2) is 18.2 Å². The van der Waals surface area contributed by atoms with E-state index in [1.54, 1.807) is 6.92 Å². The molecule has 8 nitrogen and oxygen atoms in total. The highest BCUT2D eigenvalue weighted by atomic mass is 16.6. The molecule has 1 rings (SSSR count). The second-order valence-corrected chi connectivity index (χ2v) is 4.41. The maximum Gasteiger partial charge on any atom is 0.299 e. The number of rotatable bonds is 6. The van der Waals surface area contributed by atoms with Gasteiger partial charge < -0.3 is 10.4 Å². The van der Waals surface area contributed by atoms with E-state index in [0.29, 0.717) is 6.42 Å². The van der Waals surface area contributed by atoms with Gasteiger partial charge in [-0.05, 0) is 19.4 Å². The predicted molar refractivity (Wildman–Crippen MR) is 69.2 cm³/mol. The van der Waals surface area contributed by atoms with Crippen molar-refractivity contribution in [2.45, 2.75) is 25.8 Å². The minimum Gasteiger partial charge on any atom is -0.394 e. The Morgan fingerprint density at radius 2 is 1.95 bits per heavy atom. The number of hydrogen-bond donors (Lipinski definition) is 2. The summed E-state index contributed by atoms with van der Waals surface area (Å²) in [5.41, 5.74) is -1.31. The fraction of sp³-hybridized carbons (Fsp3) is 0.455. The minimum absolute atomic E-state index is 0.147. The standard InChI is InChI=1S/C11H15N3O5/c1-3-11(2,7-15)12-9-5-4-8(13(16)17)6-10(9)14(18)19/h4-6,12,15H,3,7H2,1-2H3/t11-/m1/s1. The van der Waals surface area contributed by atoms with Crippen molar-refractivity contribution in [3.63, 3.8) is 0 Å². The molecule has 0 amide bonds. The van der Waals surface area contributed by atoms with Gasteiger partial charge in [-0.25, -0.2) is 0 Å². The summed E-state index contributed by atoms with van der Waals surface area (Å²) in [5, 5.41) is 33.7. The molecule has 104 valence electrons. The van der Waals surface area contributed by atoms with Crippen LogP contribution in [-0.2, 0) is 0 Å². The van der Waals surface area contributed by atoms with Crippen molar-refractivity contribution in [1.82, 2.24) is 0 Å². The van der Waals surface area contributed by atoms with Crippen molar-refractivity contribution in [3.05, 3.63) is 38.4 Å². The summed E-state index contributed by atoms with van der Waals surface area (Å²) in [6.45, 7) is 3.32. The summed E-state index contributed by atoms with van der Waals surface area (Å²) in [4.78, 5) is 20.2. The Morgan fingerprint density at radius 3 is 2.37 bits per heavy atom. The number of nitrogens with one attached hydrogen (secondary N) is 1. The van der Waals surface area contributed by atoms with Crippen LogP contribution in [-0.4, -0.2) is 27.1 Å². The number of nitro benzene ring substituents is 2. The average molecular weight is 269 g/mol. The van der Waals surface area contributed by atoms with Crippen LogP contribution in [0, 0.1) is 20.2 Å². The molecule has 19 heavy (non-hydrogen) atoms. The third-order valence-corrected chi connectivity index (χ3v) is 2.95. The highest BCUT2D eigenvalue weighted by Crippen LogP contribution is 2.31. The zero-order valence-corrected chi connectivity index (χ0v) is 10.6. The van der Waals surface area contributed by atoms with Gasteiger partial charge in [-0.15, -0.1) is 0 Å². The molecule has 0 unspecified atom stereocenters. The second-order valence-electron chi connectivity index (χ2n) is 4.41. The molecule has 0 radical (unpaired) electrons. The number of aliphatic hydroxyl groups is 1. The number of nitrogens with zero attached hydrogens (tertiary/aromatic N) is 2. The van der Waals surface area contributed by atoms with Gasteiger partial charge in [0.2, 0.25) is 0 Å². The quantitative estimate of drug-likeness (QED) is 0.602. The van der Waals surface area contributed by atoms with E-state index in [-0.39, 0.29) is 23.7 Å². The van der Waals surface area contributed by atoms with Crippen molar-refractivity contribution in [1.29, 1.82) is 0 Å². The minimum atomic E-state index is -0.721. The lowest BCUT2D eigenvalue weighted by molar-refractivity contribution is -0.393. The van der Waals surface area contributed by atoms with Gasteiger partial charge in [0.05, 0.1) is 28.1 Å². The summed E-state index contributed by atoms with van der Waals surface area (Å²) in [7, 11) is 0. The molecule has 0 bridgehead atoms. The molecule has 0 heterocycles. The van der Waals surface area contributed by atoms with Gasteiger partial charge in [0.1, 0.15) is 5.69 Å². The predicted octanol–water partition coefficient (Wildman–Crippen LogP) is 2.08. The van der Waals surface area contributed by atoms with Crippen LogP contribution in [0.3, 0.4) is 0 Å². The molecule has 0 spiro atoms. The van der Waals surface area contributed by atoms with Crippen LogP contribution >= 0.6 is 0 Å². The molecule has 2 N–H and O–H groups in total. The van der Waals surface area contributed by atoms with Gasteiger partial charge in [0.15, 0.2) is 0 Å². The lowest BCUT2D eigenvalue weighted by Gasteiger charge is -2.28. The number of anilines is 1. The van der Waals surface area contributed by atoms with E-state index >= 15 is 0 Å². The van der Waals surface area contributed by atoms with Crippen LogP contribution in [0.1, 0.15) is 20.3 Å². The Morgan fingerprint density at radius 1 is 1.32 bits per heavy atom. The Kier molecular flexibility index (Phi) is 4.38. The van der Waals surface area contributed by atoms with Crippen molar-refractivity contribution >= 4 is 17.1 Å². The Balaban J connectivity index is 3.21. The summed E-state index contributed by atoms with van der Waals surface area (Å²) in [6, 6.07) is 3.36. The zero-order chi connectivity index (χ0) is 14.6. The molecule has 8 heteroatoms. The molecular weight excluding hydrogens is 254 g/mol. The summed E-state index contributed by atoms with van der Waals surface area (Å²) in [6.07, 6.45) is 0.539. The van der Waals surface area contributed by atoms with Crippen molar-refractivity contribution in [2.24, 2.45) is 0 Å². The van der Waals surface area contributed by atoms with Crippen molar-refractivity contribution in [3.8, 4) is 0 Å². The first-order chi connectivity index (χ1) is 8.83. The topological polar surface area (TPSA) is 119 Å². The molecule has 1 atom stereocenters. The second kappa shape index (κ2) is 5.61. The lowest BCUT2D eigenvalue weighted by Crippen LogP contribution is -2.38. The molecule has 0 saturated carbocycles. The molecule has 0 aliphatic rings. The van der Waals surface area contributed by atoms with E-state index < -0.39 is 15.4 Å². The normalized spacial score (nSPS) is 13.6. The first-order valence-corrected chi connectivity index (χ1v) is 5.65. The Labute approximate surface area is 109 Å². The van der Waals surface area contributed by atoms with E-state index in [0.717, 1.165) is 6.07 Å². The first-order valence-electron chi connectivity index (χ1n) is 5.65. The molecule has 0 fully saturated rings. The van der Waals surface area contributed by atoms with Gasteiger partial charge in [-0.1, -0.05) is 6.92 Å². The van der Waals surface area contributed by atoms with Gasteiger partial charge >= 0.3 is 0 Å². The SMILES string of the molecule is CC[C@](C)(CO)Nc1ccc([N+](=O)[O-])cc1[N+](=O)[O-]. The zero-order valence-electron chi connectivity index (χ0n) is 10.6. The smallest absolute Gasteiger partial charge is 0.299 e. The third-order valence-electron chi connectivity index (χ3n) is 2.95. The first kappa shape index (κ1) is 14.8. The molecule has 1 aromatic rings. The summed E-state index contributed by atoms with van der Waals surface area (Å²) < 4.78 is 0. The highest BCUT2D eigenvalue weighted by Gasteiger charge is 2.26. The molecular formula is C11H15N3O5. The van der Waals surface area contributed by atoms with Gasteiger partial charge in [-0.2, -0.15) is 0 Å². The molecule has 1 aromatic carbocycles. The largest absolute Gasteiger partial charge is 0.394 e. The van der Waals surface area contributed by atoms with Crippen molar-refractivity contribution < 1.29 is 15.0 Å².